The predicted octanol–water partition coefficient (Wildman–Crippen LogP) is 4.77. The van der Waals surface area contributed by atoms with Crippen LogP contribution in [-0.2, 0) is 4.74 Å². The second kappa shape index (κ2) is 7.12. The number of carbonyl (C=O) groups excluding carboxylic acids is 1. The number of nitrogens with one attached hydrogen (secondary N) is 1. The number of carbonyl (C=O) groups is 1. The highest BCUT2D eigenvalue weighted by molar-refractivity contribution is 5.84. The first-order chi connectivity index (χ1) is 10.4. The average molecular weight is 297 g/mol. The first kappa shape index (κ1) is 16.1. The smallest absolute Gasteiger partial charge is 0.407 e. The summed E-state index contributed by atoms with van der Waals surface area (Å²) in [6.45, 7) is 6.13. The molecule has 1 amide bonds. The molecular formula is C19H23NO2. The molecule has 1 N–H and O–H groups in total. The summed E-state index contributed by atoms with van der Waals surface area (Å²) >= 11 is 0. The Morgan fingerprint density at radius 1 is 1.14 bits per heavy atom. The fourth-order valence-corrected chi connectivity index (χ4v) is 2.10. The molecule has 0 aliphatic heterocycles. The van der Waals surface area contributed by atoms with Crippen LogP contribution in [0.5, 0.6) is 0 Å². The molecule has 3 heteroatoms. The second-order valence-electron chi connectivity index (χ2n) is 6.23. The van der Waals surface area contributed by atoms with Crippen molar-refractivity contribution in [1.29, 1.82) is 0 Å². The Hall–Kier alpha value is -2.29. The van der Waals surface area contributed by atoms with Crippen LogP contribution in [0.15, 0.2) is 48.5 Å². The number of hydrogen-bond acceptors (Lipinski definition) is 2. The van der Waals surface area contributed by atoms with Gasteiger partial charge >= 0.3 is 6.09 Å². The maximum absolute atomic E-state index is 11.5. The van der Waals surface area contributed by atoms with Crippen LogP contribution in [-0.4, -0.2) is 18.2 Å². The maximum Gasteiger partial charge on any atom is 0.407 e. The minimum Gasteiger partial charge on any atom is -0.444 e. The van der Waals surface area contributed by atoms with Gasteiger partial charge in [0, 0.05) is 6.54 Å². The molecule has 0 spiro atoms. The molecule has 0 aromatic heterocycles. The lowest BCUT2D eigenvalue weighted by Crippen LogP contribution is -2.32. The lowest BCUT2D eigenvalue weighted by Gasteiger charge is -2.19. The largest absolute Gasteiger partial charge is 0.444 e. The number of amides is 1. The zero-order chi connectivity index (χ0) is 16.0. The molecule has 0 saturated heterocycles. The highest BCUT2D eigenvalue weighted by Gasteiger charge is 2.15. The van der Waals surface area contributed by atoms with Gasteiger partial charge in [-0.3, -0.25) is 0 Å². The highest BCUT2D eigenvalue weighted by atomic mass is 16.6. The van der Waals surface area contributed by atoms with E-state index in [1.807, 2.05) is 32.9 Å². The van der Waals surface area contributed by atoms with Crippen LogP contribution in [0, 0.1) is 0 Å². The molecule has 2 aromatic rings. The van der Waals surface area contributed by atoms with Gasteiger partial charge in [0.25, 0.3) is 0 Å². The van der Waals surface area contributed by atoms with E-state index >= 15 is 0 Å². The van der Waals surface area contributed by atoms with Gasteiger partial charge in [-0.25, -0.2) is 4.79 Å². The van der Waals surface area contributed by atoms with Crippen molar-refractivity contribution in [3.63, 3.8) is 0 Å². The molecule has 3 nitrogen and oxygen atoms in total. The van der Waals surface area contributed by atoms with Crippen LogP contribution in [0.1, 0.15) is 32.8 Å². The van der Waals surface area contributed by atoms with Crippen molar-refractivity contribution >= 4 is 22.9 Å². The summed E-state index contributed by atoms with van der Waals surface area (Å²) in [5.41, 5.74) is 0.710. The molecule has 0 fully saturated rings. The fourth-order valence-electron chi connectivity index (χ4n) is 2.10. The summed E-state index contributed by atoms with van der Waals surface area (Å²) in [5.74, 6) is 0. The minimum absolute atomic E-state index is 0.369. The molecule has 2 rings (SSSR count). The van der Waals surface area contributed by atoms with Crippen LogP contribution in [0.2, 0.25) is 0 Å². The average Bonchev–Trinajstić information content (AvgIpc) is 2.45. The van der Waals surface area contributed by atoms with Gasteiger partial charge in [-0.2, -0.15) is 0 Å². The predicted molar refractivity (Wildman–Crippen MR) is 91.8 cm³/mol. The molecule has 116 valence electrons. The number of rotatable bonds is 4. The van der Waals surface area contributed by atoms with Gasteiger partial charge < -0.3 is 10.1 Å². The molecule has 0 radical (unpaired) electrons. The quantitative estimate of drug-likeness (QED) is 0.826. The number of hydrogen-bond donors (Lipinski definition) is 1. The van der Waals surface area contributed by atoms with Crippen molar-refractivity contribution in [3.8, 4) is 0 Å². The van der Waals surface area contributed by atoms with Gasteiger partial charge in [-0.15, -0.1) is 0 Å². The third kappa shape index (κ3) is 5.24. The molecule has 22 heavy (non-hydrogen) atoms. The third-order valence-electron chi connectivity index (χ3n) is 3.06. The molecule has 0 bridgehead atoms. The topological polar surface area (TPSA) is 38.3 Å². The Morgan fingerprint density at radius 2 is 1.86 bits per heavy atom. The molecule has 2 aromatic carbocycles. The Bertz CT molecular complexity index is 668. The fraction of sp³-hybridized carbons (Fsp3) is 0.316. The first-order valence-corrected chi connectivity index (χ1v) is 7.56. The third-order valence-corrected chi connectivity index (χ3v) is 3.06. The standard InChI is InChI=1S/C19H23NO2/c1-19(2,3)22-18(21)20-13-7-6-8-15-11-12-16-9-4-5-10-17(16)14-15/h4-6,8-12,14H,7,13H2,1-3H3,(H,20,21). The summed E-state index contributed by atoms with van der Waals surface area (Å²) in [7, 11) is 0. The van der Waals surface area contributed by atoms with E-state index in [-0.39, 0.29) is 6.09 Å². The zero-order valence-corrected chi connectivity index (χ0v) is 13.4. The van der Waals surface area contributed by atoms with E-state index in [2.05, 4.69) is 47.8 Å². The van der Waals surface area contributed by atoms with Gasteiger partial charge in [0.2, 0.25) is 0 Å². The lowest BCUT2D eigenvalue weighted by atomic mass is 10.1. The van der Waals surface area contributed by atoms with Gasteiger partial charge in [0.15, 0.2) is 0 Å². The zero-order valence-electron chi connectivity index (χ0n) is 13.4. The second-order valence-corrected chi connectivity index (χ2v) is 6.23. The molecular weight excluding hydrogens is 274 g/mol. The number of benzene rings is 2. The van der Waals surface area contributed by atoms with Crippen molar-refractivity contribution < 1.29 is 9.53 Å². The SMILES string of the molecule is CC(C)(C)OC(=O)NCCC=Cc1ccc2ccccc2c1. The monoisotopic (exact) mass is 297 g/mol. The molecule has 0 saturated carbocycles. The van der Waals surface area contributed by atoms with Crippen LogP contribution >= 0.6 is 0 Å². The van der Waals surface area contributed by atoms with E-state index in [0.29, 0.717) is 6.54 Å². The molecule has 0 atom stereocenters. The molecule has 0 unspecified atom stereocenters. The number of fused-ring (bicyclic) bond motifs is 1. The summed E-state index contributed by atoms with van der Waals surface area (Å²) in [4.78, 5) is 11.5. The van der Waals surface area contributed by atoms with Crippen molar-refractivity contribution in [1.82, 2.24) is 5.32 Å². The van der Waals surface area contributed by atoms with Crippen molar-refractivity contribution in [3.05, 3.63) is 54.1 Å². The maximum atomic E-state index is 11.5. The Balaban J connectivity index is 1.80. The van der Waals surface area contributed by atoms with E-state index in [0.717, 1.165) is 12.0 Å². The van der Waals surface area contributed by atoms with E-state index in [9.17, 15) is 4.79 Å². The van der Waals surface area contributed by atoms with Crippen LogP contribution < -0.4 is 5.32 Å². The van der Waals surface area contributed by atoms with Gasteiger partial charge in [0.05, 0.1) is 0 Å². The van der Waals surface area contributed by atoms with Gasteiger partial charge in [-0.05, 0) is 49.6 Å². The summed E-state index contributed by atoms with van der Waals surface area (Å²) in [6.07, 6.45) is 4.53. The summed E-state index contributed by atoms with van der Waals surface area (Å²) < 4.78 is 5.18. The first-order valence-electron chi connectivity index (χ1n) is 7.56. The molecule has 0 aliphatic rings. The number of ether oxygens (including phenoxy) is 1. The van der Waals surface area contributed by atoms with Crippen LogP contribution in [0.3, 0.4) is 0 Å². The van der Waals surface area contributed by atoms with Crippen molar-refractivity contribution in [2.75, 3.05) is 6.54 Å². The Morgan fingerprint density at radius 3 is 2.59 bits per heavy atom. The molecule has 0 heterocycles. The molecule has 0 aliphatic carbocycles. The van der Waals surface area contributed by atoms with Crippen LogP contribution in [0.4, 0.5) is 4.79 Å². The van der Waals surface area contributed by atoms with Crippen molar-refractivity contribution in [2.45, 2.75) is 32.8 Å². The van der Waals surface area contributed by atoms with Gasteiger partial charge in [-0.1, -0.05) is 48.6 Å². The lowest BCUT2D eigenvalue weighted by molar-refractivity contribution is 0.0529. The summed E-state index contributed by atoms with van der Waals surface area (Å²) in [6, 6.07) is 14.7. The van der Waals surface area contributed by atoms with Crippen molar-refractivity contribution in [2.24, 2.45) is 0 Å². The van der Waals surface area contributed by atoms with E-state index in [1.165, 1.54) is 10.8 Å². The van der Waals surface area contributed by atoms with Gasteiger partial charge in [0.1, 0.15) is 5.60 Å². The Kier molecular flexibility index (Phi) is 5.21. The van der Waals surface area contributed by atoms with E-state index in [1.54, 1.807) is 0 Å². The number of alkyl carbamates (subject to hydrolysis) is 1. The highest BCUT2D eigenvalue weighted by Crippen LogP contribution is 2.16. The van der Waals surface area contributed by atoms with E-state index < -0.39 is 5.60 Å². The normalized spacial score (nSPS) is 11.8. The minimum atomic E-state index is -0.453. The Labute approximate surface area is 132 Å². The van der Waals surface area contributed by atoms with E-state index in [4.69, 9.17) is 4.74 Å². The van der Waals surface area contributed by atoms with Crippen LogP contribution in [0.25, 0.3) is 16.8 Å². The summed E-state index contributed by atoms with van der Waals surface area (Å²) in [5, 5.41) is 5.22.